The monoisotopic (exact) mass is 306 g/mol. The summed E-state index contributed by atoms with van der Waals surface area (Å²) >= 11 is 0. The third-order valence-corrected chi connectivity index (χ3v) is 4.50. The van der Waals surface area contributed by atoms with Crippen LogP contribution in [-0.4, -0.2) is 54.0 Å². The minimum absolute atomic E-state index is 0.100. The van der Waals surface area contributed by atoms with Gasteiger partial charge >= 0.3 is 0 Å². The van der Waals surface area contributed by atoms with Crippen molar-refractivity contribution in [1.82, 2.24) is 15.3 Å². The van der Waals surface area contributed by atoms with E-state index in [0.717, 1.165) is 70.2 Å². The summed E-state index contributed by atoms with van der Waals surface area (Å²) in [6.45, 7) is 4.97. The lowest BCUT2D eigenvalue weighted by Gasteiger charge is -2.27. The zero-order valence-corrected chi connectivity index (χ0v) is 13.1. The summed E-state index contributed by atoms with van der Waals surface area (Å²) in [5.74, 6) is 1.39. The van der Waals surface area contributed by atoms with E-state index in [1.807, 2.05) is 12.4 Å². The molecular formula is C16H26N4O2. The van der Waals surface area contributed by atoms with Crippen molar-refractivity contribution in [2.75, 3.05) is 37.7 Å². The van der Waals surface area contributed by atoms with Crippen LogP contribution in [0.4, 0.5) is 5.95 Å². The van der Waals surface area contributed by atoms with Gasteiger partial charge in [-0.2, -0.15) is 0 Å². The number of aliphatic hydroxyl groups is 1. The fourth-order valence-electron chi connectivity index (χ4n) is 3.23. The van der Waals surface area contributed by atoms with Gasteiger partial charge in [0.15, 0.2) is 0 Å². The maximum Gasteiger partial charge on any atom is 0.225 e. The molecule has 6 nitrogen and oxygen atoms in total. The fraction of sp³-hybridized carbons (Fsp3) is 0.750. The summed E-state index contributed by atoms with van der Waals surface area (Å²) in [5, 5.41) is 13.2. The van der Waals surface area contributed by atoms with E-state index in [-0.39, 0.29) is 6.10 Å². The predicted octanol–water partition coefficient (Wildman–Crippen LogP) is 0.954. The predicted molar refractivity (Wildman–Crippen MR) is 84.7 cm³/mol. The van der Waals surface area contributed by atoms with Crippen LogP contribution in [0.1, 0.15) is 31.2 Å². The Morgan fingerprint density at radius 3 is 2.73 bits per heavy atom. The molecule has 1 aromatic rings. The van der Waals surface area contributed by atoms with E-state index in [1.54, 1.807) is 0 Å². The Bertz CT molecular complexity index is 448. The molecule has 2 fully saturated rings. The molecule has 122 valence electrons. The van der Waals surface area contributed by atoms with Gasteiger partial charge in [-0.1, -0.05) is 6.42 Å². The zero-order valence-electron chi connectivity index (χ0n) is 13.1. The number of rotatable bonds is 5. The van der Waals surface area contributed by atoms with E-state index < -0.39 is 0 Å². The van der Waals surface area contributed by atoms with Gasteiger partial charge in [0.25, 0.3) is 0 Å². The van der Waals surface area contributed by atoms with E-state index in [9.17, 15) is 5.11 Å². The SMILES string of the molecule is OC1CCCC(CNCc2cnc(N3CCOCC3)nc2)C1. The second-order valence-corrected chi connectivity index (χ2v) is 6.31. The summed E-state index contributed by atoms with van der Waals surface area (Å²) in [4.78, 5) is 11.1. The molecule has 2 N–H and O–H groups in total. The van der Waals surface area contributed by atoms with Crippen LogP contribution in [-0.2, 0) is 11.3 Å². The van der Waals surface area contributed by atoms with Crippen molar-refractivity contribution in [1.29, 1.82) is 0 Å². The second kappa shape index (κ2) is 7.85. The molecule has 0 amide bonds. The second-order valence-electron chi connectivity index (χ2n) is 6.31. The molecule has 2 atom stereocenters. The lowest BCUT2D eigenvalue weighted by atomic mass is 9.87. The number of hydrogen-bond donors (Lipinski definition) is 2. The molecule has 6 heteroatoms. The number of anilines is 1. The smallest absolute Gasteiger partial charge is 0.225 e. The highest BCUT2D eigenvalue weighted by atomic mass is 16.5. The van der Waals surface area contributed by atoms with Crippen LogP contribution >= 0.6 is 0 Å². The maximum absolute atomic E-state index is 9.69. The molecule has 0 radical (unpaired) electrons. The first kappa shape index (κ1) is 15.6. The molecule has 22 heavy (non-hydrogen) atoms. The Morgan fingerprint density at radius 1 is 1.23 bits per heavy atom. The summed E-state index contributed by atoms with van der Waals surface area (Å²) in [6, 6.07) is 0. The summed E-state index contributed by atoms with van der Waals surface area (Å²) in [7, 11) is 0. The van der Waals surface area contributed by atoms with Gasteiger partial charge in [-0.05, 0) is 31.7 Å². The normalized spacial score (nSPS) is 26.1. The standard InChI is InChI=1S/C16H26N4O2/c21-15-3-1-2-13(8-15)9-17-10-14-11-18-16(19-12-14)20-4-6-22-7-5-20/h11-13,15,17,21H,1-10H2. The summed E-state index contributed by atoms with van der Waals surface area (Å²) in [5.41, 5.74) is 1.10. The molecule has 1 aliphatic heterocycles. The first-order chi connectivity index (χ1) is 10.8. The molecule has 1 saturated heterocycles. The molecular weight excluding hydrogens is 280 g/mol. The third-order valence-electron chi connectivity index (χ3n) is 4.50. The first-order valence-electron chi connectivity index (χ1n) is 8.33. The number of nitrogens with one attached hydrogen (secondary N) is 1. The number of nitrogens with zero attached hydrogens (tertiary/aromatic N) is 3. The number of hydrogen-bond acceptors (Lipinski definition) is 6. The molecule has 0 spiro atoms. The number of morpholine rings is 1. The number of ether oxygens (including phenoxy) is 1. The van der Waals surface area contributed by atoms with Crippen molar-refractivity contribution in [2.45, 2.75) is 38.3 Å². The molecule has 1 aliphatic carbocycles. The highest BCUT2D eigenvalue weighted by Crippen LogP contribution is 2.23. The van der Waals surface area contributed by atoms with Crippen LogP contribution in [0.5, 0.6) is 0 Å². The number of aromatic nitrogens is 2. The highest BCUT2D eigenvalue weighted by Gasteiger charge is 2.19. The maximum atomic E-state index is 9.69. The average molecular weight is 306 g/mol. The van der Waals surface area contributed by atoms with Gasteiger partial charge < -0.3 is 20.1 Å². The zero-order chi connectivity index (χ0) is 15.2. The van der Waals surface area contributed by atoms with Gasteiger partial charge in [0.05, 0.1) is 19.3 Å². The Labute approximate surface area is 131 Å². The Hall–Kier alpha value is -1.24. The van der Waals surface area contributed by atoms with E-state index in [0.29, 0.717) is 5.92 Å². The third kappa shape index (κ3) is 4.38. The van der Waals surface area contributed by atoms with E-state index >= 15 is 0 Å². The fourth-order valence-corrected chi connectivity index (χ4v) is 3.23. The van der Waals surface area contributed by atoms with Gasteiger partial charge in [-0.3, -0.25) is 0 Å². The van der Waals surface area contributed by atoms with Crippen molar-refractivity contribution in [3.05, 3.63) is 18.0 Å². The summed E-state index contributed by atoms with van der Waals surface area (Å²) in [6.07, 6.45) is 7.96. The van der Waals surface area contributed by atoms with Crippen molar-refractivity contribution in [3.63, 3.8) is 0 Å². The lowest BCUT2D eigenvalue weighted by Crippen LogP contribution is -2.37. The quantitative estimate of drug-likeness (QED) is 0.844. The molecule has 0 bridgehead atoms. The molecule has 2 unspecified atom stereocenters. The van der Waals surface area contributed by atoms with Crippen LogP contribution in [0, 0.1) is 5.92 Å². The topological polar surface area (TPSA) is 70.5 Å². The molecule has 1 saturated carbocycles. The number of aliphatic hydroxyl groups excluding tert-OH is 1. The van der Waals surface area contributed by atoms with E-state index in [2.05, 4.69) is 20.2 Å². The molecule has 3 rings (SSSR count). The molecule has 2 heterocycles. The Kier molecular flexibility index (Phi) is 5.58. The van der Waals surface area contributed by atoms with Crippen LogP contribution in [0.15, 0.2) is 12.4 Å². The molecule has 0 aromatic carbocycles. The van der Waals surface area contributed by atoms with Gasteiger partial charge in [-0.25, -0.2) is 9.97 Å². The highest BCUT2D eigenvalue weighted by molar-refractivity contribution is 5.30. The van der Waals surface area contributed by atoms with Crippen molar-refractivity contribution in [3.8, 4) is 0 Å². The Balaban J connectivity index is 1.42. The molecule has 1 aromatic heterocycles. The van der Waals surface area contributed by atoms with Gasteiger partial charge in [0.2, 0.25) is 5.95 Å². The van der Waals surface area contributed by atoms with Crippen LogP contribution in [0.25, 0.3) is 0 Å². The van der Waals surface area contributed by atoms with Crippen LogP contribution in [0.2, 0.25) is 0 Å². The average Bonchev–Trinajstić information content (AvgIpc) is 2.56. The van der Waals surface area contributed by atoms with E-state index in [4.69, 9.17) is 4.74 Å². The first-order valence-corrected chi connectivity index (χ1v) is 8.33. The minimum atomic E-state index is -0.100. The van der Waals surface area contributed by atoms with Crippen molar-refractivity contribution < 1.29 is 9.84 Å². The largest absolute Gasteiger partial charge is 0.393 e. The Morgan fingerprint density at radius 2 is 2.00 bits per heavy atom. The lowest BCUT2D eigenvalue weighted by molar-refractivity contribution is 0.101. The minimum Gasteiger partial charge on any atom is -0.393 e. The van der Waals surface area contributed by atoms with Gasteiger partial charge in [-0.15, -0.1) is 0 Å². The van der Waals surface area contributed by atoms with Crippen LogP contribution < -0.4 is 10.2 Å². The van der Waals surface area contributed by atoms with Gasteiger partial charge in [0.1, 0.15) is 0 Å². The van der Waals surface area contributed by atoms with Crippen molar-refractivity contribution >= 4 is 5.95 Å². The summed E-state index contributed by atoms with van der Waals surface area (Å²) < 4.78 is 5.34. The molecule has 2 aliphatic rings. The van der Waals surface area contributed by atoms with Crippen molar-refractivity contribution in [2.24, 2.45) is 5.92 Å². The van der Waals surface area contributed by atoms with E-state index in [1.165, 1.54) is 6.42 Å². The van der Waals surface area contributed by atoms with Gasteiger partial charge in [0, 0.05) is 37.6 Å². The van der Waals surface area contributed by atoms with Crippen LogP contribution in [0.3, 0.4) is 0 Å².